The molecule has 0 saturated heterocycles. The number of benzene rings is 2. The van der Waals surface area contributed by atoms with Crippen LogP contribution in [0.1, 0.15) is 37.5 Å². The third kappa shape index (κ3) is 4.45. The molecule has 3 aromatic rings. The SMILES string of the molecule is COC(=O)c1c(NC(=O)c2ccc(COc3c(C)cccc3C)cc2)cnn1C. The lowest BCUT2D eigenvalue weighted by Crippen LogP contribution is -2.16. The molecule has 0 fully saturated rings. The van der Waals surface area contributed by atoms with Crippen LogP contribution >= 0.6 is 0 Å². The molecule has 7 heteroatoms. The highest BCUT2D eigenvalue weighted by Gasteiger charge is 2.19. The number of aryl methyl sites for hydroxylation is 3. The maximum atomic E-state index is 12.5. The molecule has 29 heavy (non-hydrogen) atoms. The van der Waals surface area contributed by atoms with Crippen LogP contribution in [0.3, 0.4) is 0 Å². The lowest BCUT2D eigenvalue weighted by Gasteiger charge is -2.12. The number of amides is 1. The highest BCUT2D eigenvalue weighted by atomic mass is 16.5. The summed E-state index contributed by atoms with van der Waals surface area (Å²) in [6, 6.07) is 13.1. The summed E-state index contributed by atoms with van der Waals surface area (Å²) < 4.78 is 12.0. The number of anilines is 1. The fraction of sp³-hybridized carbons (Fsp3) is 0.227. The van der Waals surface area contributed by atoms with Crippen LogP contribution in [0.2, 0.25) is 0 Å². The number of para-hydroxylation sites is 1. The van der Waals surface area contributed by atoms with Crippen LogP contribution in [0.4, 0.5) is 5.69 Å². The molecule has 0 unspecified atom stereocenters. The molecule has 1 aromatic heterocycles. The second-order valence-electron chi connectivity index (χ2n) is 6.68. The van der Waals surface area contributed by atoms with Crippen molar-refractivity contribution in [2.45, 2.75) is 20.5 Å². The number of rotatable bonds is 6. The minimum atomic E-state index is -0.570. The van der Waals surface area contributed by atoms with Gasteiger partial charge in [0.2, 0.25) is 0 Å². The zero-order valence-electron chi connectivity index (χ0n) is 16.9. The Morgan fingerprint density at radius 2 is 1.72 bits per heavy atom. The quantitative estimate of drug-likeness (QED) is 0.647. The normalized spacial score (nSPS) is 10.5. The molecule has 0 radical (unpaired) electrons. The van der Waals surface area contributed by atoms with E-state index in [0.717, 1.165) is 22.4 Å². The van der Waals surface area contributed by atoms with E-state index in [2.05, 4.69) is 10.4 Å². The summed E-state index contributed by atoms with van der Waals surface area (Å²) >= 11 is 0. The summed E-state index contributed by atoms with van der Waals surface area (Å²) in [5.41, 5.74) is 4.05. The van der Waals surface area contributed by atoms with Crippen molar-refractivity contribution < 1.29 is 19.1 Å². The third-order valence-electron chi connectivity index (χ3n) is 4.57. The van der Waals surface area contributed by atoms with Gasteiger partial charge in [0, 0.05) is 12.6 Å². The number of esters is 1. The zero-order valence-corrected chi connectivity index (χ0v) is 16.9. The highest BCUT2D eigenvalue weighted by Crippen LogP contribution is 2.23. The predicted molar refractivity (Wildman–Crippen MR) is 109 cm³/mol. The summed E-state index contributed by atoms with van der Waals surface area (Å²) in [7, 11) is 2.88. The van der Waals surface area contributed by atoms with E-state index >= 15 is 0 Å². The van der Waals surface area contributed by atoms with Gasteiger partial charge in [-0.2, -0.15) is 5.10 Å². The Labute approximate surface area is 169 Å². The van der Waals surface area contributed by atoms with Gasteiger partial charge in [-0.05, 0) is 42.7 Å². The third-order valence-corrected chi connectivity index (χ3v) is 4.57. The predicted octanol–water partition coefficient (Wildman–Crippen LogP) is 3.65. The largest absolute Gasteiger partial charge is 0.488 e. The van der Waals surface area contributed by atoms with E-state index in [1.165, 1.54) is 18.0 Å². The fourth-order valence-corrected chi connectivity index (χ4v) is 3.00. The van der Waals surface area contributed by atoms with Crippen molar-refractivity contribution >= 4 is 17.6 Å². The van der Waals surface area contributed by atoms with Gasteiger partial charge >= 0.3 is 5.97 Å². The van der Waals surface area contributed by atoms with Crippen molar-refractivity contribution in [2.75, 3.05) is 12.4 Å². The maximum absolute atomic E-state index is 12.5. The van der Waals surface area contributed by atoms with E-state index < -0.39 is 5.97 Å². The lowest BCUT2D eigenvalue weighted by atomic mass is 10.1. The molecule has 2 aromatic carbocycles. The molecule has 1 heterocycles. The first-order valence-electron chi connectivity index (χ1n) is 9.10. The first kappa shape index (κ1) is 20.1. The van der Waals surface area contributed by atoms with E-state index in [1.807, 2.05) is 44.2 Å². The van der Waals surface area contributed by atoms with Crippen LogP contribution in [-0.4, -0.2) is 28.8 Å². The average molecular weight is 393 g/mol. The molecule has 0 atom stereocenters. The molecule has 0 saturated carbocycles. The zero-order chi connectivity index (χ0) is 21.0. The van der Waals surface area contributed by atoms with Crippen molar-refractivity contribution in [3.63, 3.8) is 0 Å². The van der Waals surface area contributed by atoms with Crippen LogP contribution in [0.25, 0.3) is 0 Å². The molecule has 1 amide bonds. The van der Waals surface area contributed by atoms with Crippen LogP contribution in [0.15, 0.2) is 48.7 Å². The molecule has 0 aliphatic heterocycles. The second-order valence-corrected chi connectivity index (χ2v) is 6.68. The Morgan fingerprint density at radius 1 is 1.07 bits per heavy atom. The minimum absolute atomic E-state index is 0.180. The van der Waals surface area contributed by atoms with Gasteiger partial charge in [-0.15, -0.1) is 0 Å². The van der Waals surface area contributed by atoms with Crippen molar-refractivity contribution in [2.24, 2.45) is 7.05 Å². The van der Waals surface area contributed by atoms with Gasteiger partial charge in [-0.25, -0.2) is 4.79 Å². The first-order valence-corrected chi connectivity index (χ1v) is 9.10. The van der Waals surface area contributed by atoms with Gasteiger partial charge in [0.1, 0.15) is 12.4 Å². The van der Waals surface area contributed by atoms with Crippen molar-refractivity contribution in [3.05, 3.63) is 76.6 Å². The fourth-order valence-electron chi connectivity index (χ4n) is 3.00. The number of nitrogens with one attached hydrogen (secondary N) is 1. The van der Waals surface area contributed by atoms with E-state index in [-0.39, 0.29) is 11.6 Å². The van der Waals surface area contributed by atoms with Crippen LogP contribution in [-0.2, 0) is 18.4 Å². The number of carbonyl (C=O) groups excluding carboxylic acids is 2. The van der Waals surface area contributed by atoms with Gasteiger partial charge in [0.05, 0.1) is 19.0 Å². The molecule has 0 aliphatic carbocycles. The molecular formula is C22H23N3O4. The van der Waals surface area contributed by atoms with Gasteiger partial charge in [-0.1, -0.05) is 30.3 Å². The smallest absolute Gasteiger partial charge is 0.358 e. The van der Waals surface area contributed by atoms with Gasteiger partial charge in [-0.3, -0.25) is 9.48 Å². The van der Waals surface area contributed by atoms with Crippen molar-refractivity contribution in [1.82, 2.24) is 9.78 Å². The first-order chi connectivity index (χ1) is 13.9. The Bertz CT molecular complexity index is 1020. The number of methoxy groups -OCH3 is 1. The monoisotopic (exact) mass is 393 g/mol. The van der Waals surface area contributed by atoms with Crippen LogP contribution < -0.4 is 10.1 Å². The standard InChI is InChI=1S/C22H23N3O4/c1-14-6-5-7-15(2)20(14)29-13-16-8-10-17(11-9-16)21(26)24-18-12-23-25(3)19(18)22(27)28-4/h5-12H,13H2,1-4H3,(H,24,26). The van der Waals surface area contributed by atoms with Crippen molar-refractivity contribution in [3.8, 4) is 5.75 Å². The molecule has 3 rings (SSSR count). The second kappa shape index (κ2) is 8.60. The van der Waals surface area contributed by atoms with Gasteiger partial charge < -0.3 is 14.8 Å². The van der Waals surface area contributed by atoms with Crippen LogP contribution in [0.5, 0.6) is 5.75 Å². The number of carbonyl (C=O) groups is 2. The number of hydrogen-bond donors (Lipinski definition) is 1. The minimum Gasteiger partial charge on any atom is -0.488 e. The summed E-state index contributed by atoms with van der Waals surface area (Å²) in [4.78, 5) is 24.4. The molecular weight excluding hydrogens is 370 g/mol. The summed E-state index contributed by atoms with van der Waals surface area (Å²) in [6.45, 7) is 4.43. The molecule has 0 bridgehead atoms. The number of aromatic nitrogens is 2. The van der Waals surface area contributed by atoms with Gasteiger partial charge in [0.15, 0.2) is 5.69 Å². The van der Waals surface area contributed by atoms with Crippen LogP contribution in [0, 0.1) is 13.8 Å². The van der Waals surface area contributed by atoms with Gasteiger partial charge in [0.25, 0.3) is 5.91 Å². The molecule has 1 N–H and O–H groups in total. The lowest BCUT2D eigenvalue weighted by molar-refractivity contribution is 0.0589. The molecule has 0 spiro atoms. The molecule has 7 nitrogen and oxygen atoms in total. The number of hydrogen-bond acceptors (Lipinski definition) is 5. The Kier molecular flexibility index (Phi) is 5.97. The maximum Gasteiger partial charge on any atom is 0.358 e. The summed E-state index contributed by atoms with van der Waals surface area (Å²) in [6.07, 6.45) is 1.41. The van der Waals surface area contributed by atoms with E-state index in [1.54, 1.807) is 19.2 Å². The van der Waals surface area contributed by atoms with E-state index in [9.17, 15) is 9.59 Å². The summed E-state index contributed by atoms with van der Waals surface area (Å²) in [5.74, 6) is -0.0362. The number of nitrogens with zero attached hydrogens (tertiary/aromatic N) is 2. The van der Waals surface area contributed by atoms with Crippen molar-refractivity contribution in [1.29, 1.82) is 0 Å². The average Bonchev–Trinajstić information content (AvgIpc) is 3.07. The Balaban J connectivity index is 1.67. The topological polar surface area (TPSA) is 82.4 Å². The Hall–Kier alpha value is -3.61. The molecule has 150 valence electrons. The van der Waals surface area contributed by atoms with E-state index in [0.29, 0.717) is 17.9 Å². The molecule has 0 aliphatic rings. The van der Waals surface area contributed by atoms with E-state index in [4.69, 9.17) is 9.47 Å². The summed E-state index contributed by atoms with van der Waals surface area (Å²) in [5, 5.41) is 6.70. The highest BCUT2D eigenvalue weighted by molar-refractivity contribution is 6.07. The Morgan fingerprint density at radius 3 is 2.34 bits per heavy atom. The number of ether oxygens (including phenoxy) is 2.